The lowest BCUT2D eigenvalue weighted by Crippen LogP contribution is -2.40. The highest BCUT2D eigenvalue weighted by atomic mass is 16.5. The fraction of sp³-hybridized carbons (Fsp3) is 0.353. The second-order valence-corrected chi connectivity index (χ2v) is 5.36. The van der Waals surface area contributed by atoms with E-state index in [1.54, 1.807) is 19.4 Å². The largest absolute Gasteiger partial charge is 0.496 e. The fourth-order valence-corrected chi connectivity index (χ4v) is 2.34. The van der Waals surface area contributed by atoms with Gasteiger partial charge in [0.25, 0.3) is 0 Å². The van der Waals surface area contributed by atoms with Gasteiger partial charge in [0, 0.05) is 12.1 Å². The number of urea groups is 1. The SMILES string of the molecule is COc1ccccc1C(CNC(=O)NCc1ccco1)N(C)C. The first kappa shape index (κ1) is 16.9. The van der Waals surface area contributed by atoms with E-state index < -0.39 is 0 Å². The van der Waals surface area contributed by atoms with Gasteiger partial charge in [-0.05, 0) is 32.3 Å². The van der Waals surface area contributed by atoms with Gasteiger partial charge in [-0.1, -0.05) is 18.2 Å². The number of hydrogen-bond acceptors (Lipinski definition) is 4. The van der Waals surface area contributed by atoms with E-state index in [-0.39, 0.29) is 12.1 Å². The first-order chi connectivity index (χ1) is 11.1. The molecule has 23 heavy (non-hydrogen) atoms. The van der Waals surface area contributed by atoms with Crippen molar-refractivity contribution in [1.29, 1.82) is 0 Å². The van der Waals surface area contributed by atoms with Gasteiger partial charge in [0.15, 0.2) is 0 Å². The second kappa shape index (κ2) is 8.24. The molecule has 6 nitrogen and oxygen atoms in total. The number of nitrogens with zero attached hydrogens (tertiary/aromatic N) is 1. The molecule has 0 bridgehead atoms. The van der Waals surface area contributed by atoms with Crippen LogP contribution in [-0.4, -0.2) is 38.7 Å². The summed E-state index contributed by atoms with van der Waals surface area (Å²) in [5.74, 6) is 1.53. The number of carbonyl (C=O) groups excluding carboxylic acids is 1. The maximum atomic E-state index is 11.9. The fourth-order valence-electron chi connectivity index (χ4n) is 2.34. The minimum Gasteiger partial charge on any atom is -0.496 e. The summed E-state index contributed by atoms with van der Waals surface area (Å²) in [5, 5.41) is 5.65. The van der Waals surface area contributed by atoms with Crippen molar-refractivity contribution >= 4 is 6.03 Å². The van der Waals surface area contributed by atoms with Crippen molar-refractivity contribution in [3.63, 3.8) is 0 Å². The van der Waals surface area contributed by atoms with Crippen molar-refractivity contribution in [3.8, 4) is 5.75 Å². The summed E-state index contributed by atoms with van der Waals surface area (Å²) in [6.07, 6.45) is 1.58. The maximum Gasteiger partial charge on any atom is 0.315 e. The molecule has 2 aromatic rings. The predicted octanol–water partition coefficient (Wildman–Crippen LogP) is 2.39. The number of methoxy groups -OCH3 is 1. The van der Waals surface area contributed by atoms with Gasteiger partial charge >= 0.3 is 6.03 Å². The van der Waals surface area contributed by atoms with E-state index in [0.717, 1.165) is 11.3 Å². The number of amides is 2. The zero-order valence-corrected chi connectivity index (χ0v) is 13.7. The molecule has 124 valence electrons. The van der Waals surface area contributed by atoms with Crippen LogP contribution in [0.3, 0.4) is 0 Å². The first-order valence-corrected chi connectivity index (χ1v) is 7.45. The zero-order valence-electron chi connectivity index (χ0n) is 13.7. The Labute approximate surface area is 136 Å². The van der Waals surface area contributed by atoms with Gasteiger partial charge < -0.3 is 24.7 Å². The van der Waals surface area contributed by atoms with E-state index in [2.05, 4.69) is 10.6 Å². The van der Waals surface area contributed by atoms with Crippen molar-refractivity contribution in [3.05, 3.63) is 54.0 Å². The number of furan rings is 1. The highest BCUT2D eigenvalue weighted by molar-refractivity contribution is 5.73. The minimum absolute atomic E-state index is 0.0144. The number of likely N-dealkylation sites (N-methyl/N-ethyl adjacent to an activating group) is 1. The van der Waals surface area contributed by atoms with Crippen LogP contribution < -0.4 is 15.4 Å². The molecule has 1 unspecified atom stereocenters. The van der Waals surface area contributed by atoms with Crippen LogP contribution in [0.15, 0.2) is 47.1 Å². The van der Waals surface area contributed by atoms with Crippen LogP contribution >= 0.6 is 0 Å². The van der Waals surface area contributed by atoms with Gasteiger partial charge in [-0.15, -0.1) is 0 Å². The number of carbonyl (C=O) groups is 1. The highest BCUT2D eigenvalue weighted by Gasteiger charge is 2.18. The van der Waals surface area contributed by atoms with Gasteiger partial charge in [0.05, 0.1) is 26.0 Å². The second-order valence-electron chi connectivity index (χ2n) is 5.36. The van der Waals surface area contributed by atoms with Gasteiger partial charge in [-0.25, -0.2) is 4.79 Å². The molecule has 6 heteroatoms. The van der Waals surface area contributed by atoms with E-state index in [9.17, 15) is 4.79 Å². The Morgan fingerprint density at radius 1 is 1.22 bits per heavy atom. The third-order valence-electron chi connectivity index (χ3n) is 3.58. The van der Waals surface area contributed by atoms with E-state index in [1.807, 2.05) is 49.3 Å². The Morgan fingerprint density at radius 2 is 2.00 bits per heavy atom. The average Bonchev–Trinajstić information content (AvgIpc) is 3.06. The number of ether oxygens (including phenoxy) is 1. The molecule has 0 aliphatic rings. The third kappa shape index (κ3) is 4.75. The molecule has 2 amide bonds. The van der Waals surface area contributed by atoms with Crippen molar-refractivity contribution < 1.29 is 13.9 Å². The molecule has 1 heterocycles. The molecule has 1 aromatic carbocycles. The molecule has 0 radical (unpaired) electrons. The molecule has 1 aromatic heterocycles. The summed E-state index contributed by atoms with van der Waals surface area (Å²) in [5.41, 5.74) is 1.03. The van der Waals surface area contributed by atoms with Crippen LogP contribution in [0.25, 0.3) is 0 Å². The Balaban J connectivity index is 1.93. The zero-order chi connectivity index (χ0) is 16.7. The molecule has 0 saturated carbocycles. The molecule has 1 atom stereocenters. The smallest absolute Gasteiger partial charge is 0.315 e. The summed E-state index contributed by atoms with van der Waals surface area (Å²) in [6.45, 7) is 0.831. The normalized spacial score (nSPS) is 12.0. The molecular weight excluding hydrogens is 294 g/mol. The molecule has 0 saturated heterocycles. The summed E-state index contributed by atoms with van der Waals surface area (Å²) in [6, 6.07) is 11.2. The molecule has 2 rings (SSSR count). The van der Waals surface area contributed by atoms with E-state index in [4.69, 9.17) is 9.15 Å². The van der Waals surface area contributed by atoms with Crippen molar-refractivity contribution in [2.24, 2.45) is 0 Å². The van der Waals surface area contributed by atoms with Crippen LogP contribution in [0.1, 0.15) is 17.4 Å². The van der Waals surface area contributed by atoms with Crippen LogP contribution in [0.4, 0.5) is 4.79 Å². The van der Waals surface area contributed by atoms with E-state index >= 15 is 0 Å². The lowest BCUT2D eigenvalue weighted by molar-refractivity contribution is 0.230. The standard InChI is InChI=1S/C17H23N3O3/c1-20(2)15(14-8-4-5-9-16(14)22-3)12-19-17(21)18-11-13-7-6-10-23-13/h4-10,15H,11-12H2,1-3H3,(H2,18,19,21). The van der Waals surface area contributed by atoms with Crippen LogP contribution in [0, 0.1) is 0 Å². The third-order valence-corrected chi connectivity index (χ3v) is 3.58. The summed E-state index contributed by atoms with van der Waals surface area (Å²) in [4.78, 5) is 14.0. The Kier molecular flexibility index (Phi) is 6.05. The summed E-state index contributed by atoms with van der Waals surface area (Å²) < 4.78 is 10.6. The molecule has 0 aliphatic carbocycles. The molecule has 0 fully saturated rings. The number of rotatable bonds is 7. The van der Waals surface area contributed by atoms with Crippen LogP contribution in [-0.2, 0) is 6.54 Å². The van der Waals surface area contributed by atoms with Crippen LogP contribution in [0.2, 0.25) is 0 Å². The maximum absolute atomic E-state index is 11.9. The van der Waals surface area contributed by atoms with Gasteiger partial charge in [-0.3, -0.25) is 0 Å². The predicted molar refractivity (Wildman–Crippen MR) is 88.4 cm³/mol. The van der Waals surface area contributed by atoms with E-state index in [0.29, 0.717) is 18.8 Å². The minimum atomic E-state index is -0.233. The van der Waals surface area contributed by atoms with Crippen molar-refractivity contribution in [2.75, 3.05) is 27.7 Å². The quantitative estimate of drug-likeness (QED) is 0.823. The topological polar surface area (TPSA) is 66.7 Å². The monoisotopic (exact) mass is 317 g/mol. The molecule has 2 N–H and O–H groups in total. The lowest BCUT2D eigenvalue weighted by atomic mass is 10.0. The Hall–Kier alpha value is -2.47. The van der Waals surface area contributed by atoms with Crippen molar-refractivity contribution in [1.82, 2.24) is 15.5 Å². The highest BCUT2D eigenvalue weighted by Crippen LogP contribution is 2.27. The van der Waals surface area contributed by atoms with Crippen molar-refractivity contribution in [2.45, 2.75) is 12.6 Å². The number of para-hydroxylation sites is 1. The average molecular weight is 317 g/mol. The Morgan fingerprint density at radius 3 is 2.65 bits per heavy atom. The van der Waals surface area contributed by atoms with E-state index in [1.165, 1.54) is 0 Å². The number of nitrogens with one attached hydrogen (secondary N) is 2. The summed E-state index contributed by atoms with van der Waals surface area (Å²) >= 11 is 0. The van der Waals surface area contributed by atoms with Gasteiger partial charge in [-0.2, -0.15) is 0 Å². The number of benzene rings is 1. The van der Waals surface area contributed by atoms with Gasteiger partial charge in [0.2, 0.25) is 0 Å². The van der Waals surface area contributed by atoms with Gasteiger partial charge in [0.1, 0.15) is 11.5 Å². The number of hydrogen-bond donors (Lipinski definition) is 2. The molecule has 0 spiro atoms. The lowest BCUT2D eigenvalue weighted by Gasteiger charge is -2.26. The first-order valence-electron chi connectivity index (χ1n) is 7.45. The molecular formula is C17H23N3O3. The summed E-state index contributed by atoms with van der Waals surface area (Å²) in [7, 11) is 5.59. The van der Waals surface area contributed by atoms with Crippen LogP contribution in [0.5, 0.6) is 5.75 Å². The Bertz CT molecular complexity index is 611. The molecule has 0 aliphatic heterocycles.